The molecule has 3 aromatic carbocycles. The zero-order valence-corrected chi connectivity index (χ0v) is 46.7. The first-order chi connectivity index (χ1) is 37.9. The molecular weight excluding hydrogens is 1030 g/mol. The number of anilines is 1. The number of β-amino-alcohol motifs (C(OH)–C–C–N with tert-alkyl or cyclic N) is 1. The first-order valence-corrected chi connectivity index (χ1v) is 28.7. The van der Waals surface area contributed by atoms with Gasteiger partial charge in [-0.25, -0.2) is 13.8 Å². The molecule has 0 unspecified atom stereocenters. The summed E-state index contributed by atoms with van der Waals surface area (Å²) in [6.45, 7) is 14.5. The fraction of sp³-hybridized carbons (Fsp3) is 0.508. The number of amides is 3. The fourth-order valence-electron chi connectivity index (χ4n) is 12.0. The second-order valence-corrected chi connectivity index (χ2v) is 23.7. The van der Waals surface area contributed by atoms with Crippen LogP contribution in [0.1, 0.15) is 102 Å². The van der Waals surface area contributed by atoms with Crippen LogP contribution in [0, 0.1) is 24.0 Å². The first kappa shape index (κ1) is 55.8. The number of piperazine rings is 1. The molecular formula is C59H72F2N10O7S. The van der Waals surface area contributed by atoms with Crippen molar-refractivity contribution in [3.05, 3.63) is 88.7 Å². The third kappa shape index (κ3) is 12.2. The minimum Gasteiger partial charge on any atom is -0.508 e. The maximum atomic E-state index is 17.2. The number of phenols is 1. The molecule has 0 saturated carbocycles. The van der Waals surface area contributed by atoms with Gasteiger partial charge < -0.3 is 45.4 Å². The van der Waals surface area contributed by atoms with Crippen molar-refractivity contribution < 1.29 is 42.9 Å². The van der Waals surface area contributed by atoms with E-state index in [1.807, 2.05) is 71.3 Å². The van der Waals surface area contributed by atoms with Crippen LogP contribution < -0.4 is 25.6 Å². The van der Waals surface area contributed by atoms with E-state index in [-0.39, 0.29) is 84.8 Å². The number of fused-ring (bicyclic) bond motifs is 4. The monoisotopic (exact) mass is 1100 g/mol. The molecule has 20 heteroatoms. The molecule has 3 aromatic heterocycles. The number of halogens is 2. The van der Waals surface area contributed by atoms with Crippen LogP contribution in [-0.4, -0.2) is 147 Å². The zero-order valence-electron chi connectivity index (χ0n) is 45.9. The van der Waals surface area contributed by atoms with Gasteiger partial charge in [-0.05, 0) is 123 Å². The van der Waals surface area contributed by atoms with Crippen LogP contribution in [0.25, 0.3) is 43.4 Å². The maximum Gasteiger partial charge on any atom is 0.319 e. The van der Waals surface area contributed by atoms with E-state index in [4.69, 9.17) is 14.5 Å². The molecule has 0 aliphatic carbocycles. The number of nitrogens with one attached hydrogen (secondary N) is 3. The summed E-state index contributed by atoms with van der Waals surface area (Å²) in [4.78, 5) is 66.9. The molecule has 7 heterocycles. The van der Waals surface area contributed by atoms with Crippen molar-refractivity contribution in [3.63, 3.8) is 0 Å². The van der Waals surface area contributed by atoms with E-state index in [2.05, 4.69) is 40.7 Å². The Hall–Kier alpha value is -6.45. The van der Waals surface area contributed by atoms with E-state index in [1.54, 1.807) is 23.6 Å². The first-order valence-electron chi connectivity index (χ1n) is 27.8. The van der Waals surface area contributed by atoms with Gasteiger partial charge in [0.15, 0.2) is 5.82 Å². The average molecular weight is 1100 g/mol. The number of pyridine rings is 1. The Kier molecular flexibility index (Phi) is 16.8. The highest BCUT2D eigenvalue weighted by Gasteiger charge is 2.45. The lowest BCUT2D eigenvalue weighted by molar-refractivity contribution is -0.144. The highest BCUT2D eigenvalue weighted by molar-refractivity contribution is 7.13. The normalized spacial score (nSPS) is 21.3. The molecule has 79 heavy (non-hydrogen) atoms. The van der Waals surface area contributed by atoms with Crippen LogP contribution in [0.3, 0.4) is 0 Å². The summed E-state index contributed by atoms with van der Waals surface area (Å²) >= 11 is 1.57. The summed E-state index contributed by atoms with van der Waals surface area (Å²) in [5, 5.41) is 32.5. The number of aliphatic hydroxyl groups is 1. The second kappa shape index (κ2) is 23.7. The predicted molar refractivity (Wildman–Crippen MR) is 300 cm³/mol. The summed E-state index contributed by atoms with van der Waals surface area (Å²) < 4.78 is 44.6. The largest absolute Gasteiger partial charge is 0.508 e. The van der Waals surface area contributed by atoms with E-state index in [1.165, 1.54) is 23.1 Å². The van der Waals surface area contributed by atoms with Gasteiger partial charge in [0.2, 0.25) is 17.7 Å². The van der Waals surface area contributed by atoms with Crippen LogP contribution in [0.2, 0.25) is 0 Å². The van der Waals surface area contributed by atoms with Crippen molar-refractivity contribution in [1.82, 2.24) is 45.7 Å². The number of likely N-dealkylation sites (tertiary alicyclic amines) is 2. The second-order valence-electron chi connectivity index (χ2n) is 22.8. The van der Waals surface area contributed by atoms with E-state index in [0.717, 1.165) is 66.9 Å². The van der Waals surface area contributed by atoms with Crippen LogP contribution in [0.4, 0.5) is 14.6 Å². The van der Waals surface area contributed by atoms with Gasteiger partial charge in [-0.1, -0.05) is 58.0 Å². The van der Waals surface area contributed by atoms with E-state index >= 15 is 8.78 Å². The number of thiazole rings is 1. The topological polar surface area (TPSA) is 208 Å². The van der Waals surface area contributed by atoms with Gasteiger partial charge in [0, 0.05) is 62.5 Å². The number of rotatable bonds is 19. The molecule has 4 aliphatic rings. The molecule has 6 aromatic rings. The zero-order chi connectivity index (χ0) is 55.7. The smallest absolute Gasteiger partial charge is 0.319 e. The Balaban J connectivity index is 0.734. The predicted octanol–water partition coefficient (Wildman–Crippen LogP) is 7.77. The number of ether oxygens (including phenoxy) is 2. The quantitative estimate of drug-likeness (QED) is 0.0492. The minimum atomic E-state index is -0.984. The number of carbonyl (C=O) groups excluding carboxylic acids is 3. The SMILES string of the molecule is CCc1c(F)ccc2cc(O)cc(-c3ncc4c(N5C[C@H]6CC[C@@H](C5)N6)nc(OC[C@@H]5CCCN5CCCCOCC(=O)N[C@H](C(=O)N5C[C@H](O)C[C@H]5C(=O)N[C@@H](C)c5ccc(-c6scnc6C)cc5)C(C)(C)C)nc4c3F)c12. The van der Waals surface area contributed by atoms with Crippen molar-refractivity contribution in [2.24, 2.45) is 5.41 Å². The van der Waals surface area contributed by atoms with Crippen LogP contribution >= 0.6 is 11.3 Å². The summed E-state index contributed by atoms with van der Waals surface area (Å²) in [5.41, 5.74) is 4.64. The van der Waals surface area contributed by atoms with Gasteiger partial charge in [-0.2, -0.15) is 9.97 Å². The highest BCUT2D eigenvalue weighted by atomic mass is 32.1. The molecule has 7 atom stereocenters. The van der Waals surface area contributed by atoms with E-state index < -0.39 is 47.1 Å². The molecule has 4 saturated heterocycles. The van der Waals surface area contributed by atoms with E-state index in [9.17, 15) is 24.6 Å². The maximum absolute atomic E-state index is 17.2. The molecule has 17 nitrogen and oxygen atoms in total. The summed E-state index contributed by atoms with van der Waals surface area (Å²) in [6.07, 6.45) is 6.50. The standard InChI is InChI=1S/C59H72F2N10O7S/c1-7-43-46(60)19-16-37-23-41(72)24-44(49(37)43)51-50(61)52-45(26-62-51)55(70-27-38-17-18-39(28-70)65-38)68-58(67-52)78-30-40-11-10-21-69(40)20-8-9-22-77-31-48(74)66-54(59(4,5)6)57(76)71-29-42(73)25-47(71)56(75)64-33(2)35-12-14-36(15-13-35)53-34(3)63-32-79-53/h12-16,19,23-24,26,32-33,38-40,42,47,54,65,72-73H,7-11,17-18,20-22,25,27-31H2,1-6H3,(H,64,75)(H,66,74)/t33-,38-,39+,40-,42+,47-,54+/m0/s1. The summed E-state index contributed by atoms with van der Waals surface area (Å²) in [6, 6.07) is 12.2. The highest BCUT2D eigenvalue weighted by Crippen LogP contribution is 2.40. The van der Waals surface area contributed by atoms with Gasteiger partial charge in [0.05, 0.1) is 33.6 Å². The number of unbranched alkanes of at least 4 members (excludes halogenated alkanes) is 1. The number of aromatic hydroxyl groups is 1. The minimum absolute atomic E-state index is 0.0311. The van der Waals surface area contributed by atoms with Gasteiger partial charge in [0.25, 0.3) is 0 Å². The molecule has 5 N–H and O–H groups in total. The van der Waals surface area contributed by atoms with Crippen molar-refractivity contribution in [1.29, 1.82) is 0 Å². The average Bonchev–Trinajstić information content (AvgIpc) is 4.39. The molecule has 10 rings (SSSR count). The lowest BCUT2D eigenvalue weighted by Gasteiger charge is -2.35. The molecule has 0 radical (unpaired) electrons. The number of benzene rings is 3. The molecule has 4 fully saturated rings. The van der Waals surface area contributed by atoms with Crippen molar-refractivity contribution in [3.8, 4) is 33.5 Å². The molecule has 420 valence electrons. The number of carbonyl (C=O) groups is 3. The Morgan fingerprint density at radius 3 is 2.47 bits per heavy atom. The number of hydrogen-bond donors (Lipinski definition) is 5. The molecule has 2 bridgehead atoms. The number of hydrogen-bond acceptors (Lipinski definition) is 15. The van der Waals surface area contributed by atoms with E-state index in [0.29, 0.717) is 60.1 Å². The number of aromatic nitrogens is 4. The Bertz CT molecular complexity index is 3200. The molecule has 4 aliphatic heterocycles. The van der Waals surface area contributed by atoms with Crippen molar-refractivity contribution in [2.45, 2.75) is 135 Å². The van der Waals surface area contributed by atoms with Crippen LogP contribution in [-0.2, 0) is 25.5 Å². The Labute approximate surface area is 463 Å². The van der Waals surface area contributed by atoms with Gasteiger partial charge in [-0.3, -0.25) is 24.3 Å². The van der Waals surface area contributed by atoms with Crippen molar-refractivity contribution >= 4 is 56.6 Å². The van der Waals surface area contributed by atoms with Gasteiger partial charge in [-0.15, -0.1) is 11.3 Å². The number of nitrogens with zero attached hydrogens (tertiary/aromatic N) is 7. The summed E-state index contributed by atoms with van der Waals surface area (Å²) in [5.74, 6) is -1.96. The van der Waals surface area contributed by atoms with Crippen molar-refractivity contribution in [2.75, 3.05) is 57.4 Å². The third-order valence-corrected chi connectivity index (χ3v) is 17.1. The Morgan fingerprint density at radius 1 is 0.975 bits per heavy atom. The number of aryl methyl sites for hydroxylation is 2. The lowest BCUT2D eigenvalue weighted by Crippen LogP contribution is -2.58. The lowest BCUT2D eigenvalue weighted by atomic mass is 9.85. The fourth-order valence-corrected chi connectivity index (χ4v) is 12.8. The Morgan fingerprint density at radius 2 is 1.75 bits per heavy atom. The van der Waals surface area contributed by atoms with Gasteiger partial charge >= 0.3 is 6.01 Å². The van der Waals surface area contributed by atoms with Crippen LogP contribution in [0.15, 0.2) is 60.2 Å². The third-order valence-electron chi connectivity index (χ3n) is 16.1. The number of phenolic OH excluding ortho intramolecular Hbond substituents is 1. The number of aliphatic hydroxyl groups excluding tert-OH is 1. The van der Waals surface area contributed by atoms with Gasteiger partial charge in [0.1, 0.15) is 53.9 Å². The molecule has 3 amide bonds. The summed E-state index contributed by atoms with van der Waals surface area (Å²) in [7, 11) is 0. The van der Waals surface area contributed by atoms with Crippen LogP contribution in [0.5, 0.6) is 11.8 Å². The molecule has 0 spiro atoms.